The first-order chi connectivity index (χ1) is 14.4. The average Bonchev–Trinajstić information content (AvgIpc) is 2.74. The van der Waals surface area contributed by atoms with Gasteiger partial charge >= 0.3 is 0 Å². The van der Waals surface area contributed by atoms with Crippen LogP contribution in [-0.4, -0.2) is 7.11 Å². The van der Waals surface area contributed by atoms with E-state index in [1.165, 1.54) is 0 Å². The van der Waals surface area contributed by atoms with E-state index in [0.29, 0.717) is 42.7 Å². The van der Waals surface area contributed by atoms with E-state index in [9.17, 15) is 5.26 Å². The molecule has 0 N–H and O–H groups in total. The topological polar surface area (TPSA) is 42.2 Å². The summed E-state index contributed by atoms with van der Waals surface area (Å²) in [5, 5.41) is 11.5. The predicted octanol–water partition coefficient (Wildman–Crippen LogP) is 7.95. The number of nitriles is 1. The van der Waals surface area contributed by atoms with Crippen molar-refractivity contribution in [1.29, 1.82) is 5.26 Å². The molecule has 152 valence electrons. The molecular formula is C23H15Cl4NO2. The second-order valence-electron chi connectivity index (χ2n) is 6.23. The third-order valence-electron chi connectivity index (χ3n) is 4.25. The molecule has 0 heterocycles. The van der Waals surface area contributed by atoms with Gasteiger partial charge in [0.25, 0.3) is 0 Å². The minimum atomic E-state index is 0.258. The zero-order chi connectivity index (χ0) is 21.7. The minimum Gasteiger partial charge on any atom is -0.493 e. The Labute approximate surface area is 195 Å². The van der Waals surface area contributed by atoms with E-state index < -0.39 is 0 Å². The van der Waals surface area contributed by atoms with Crippen LogP contribution in [0.1, 0.15) is 16.7 Å². The molecule has 30 heavy (non-hydrogen) atoms. The van der Waals surface area contributed by atoms with Crippen LogP contribution in [0.2, 0.25) is 20.1 Å². The number of hydrogen-bond donors (Lipinski definition) is 0. The maximum Gasteiger partial charge on any atom is 0.161 e. The van der Waals surface area contributed by atoms with Gasteiger partial charge in [0.2, 0.25) is 0 Å². The maximum atomic E-state index is 9.57. The first kappa shape index (κ1) is 22.3. The summed E-state index contributed by atoms with van der Waals surface area (Å²) >= 11 is 24.1. The molecule has 0 radical (unpaired) electrons. The predicted molar refractivity (Wildman–Crippen MR) is 124 cm³/mol. The van der Waals surface area contributed by atoms with Crippen molar-refractivity contribution < 1.29 is 9.47 Å². The van der Waals surface area contributed by atoms with E-state index in [-0.39, 0.29) is 6.61 Å². The fraction of sp³-hybridized carbons (Fsp3) is 0.0870. The van der Waals surface area contributed by atoms with Crippen molar-refractivity contribution in [3.05, 3.63) is 91.4 Å². The minimum absolute atomic E-state index is 0.258. The molecule has 0 aromatic heterocycles. The van der Waals surface area contributed by atoms with Crippen LogP contribution in [0.4, 0.5) is 0 Å². The van der Waals surface area contributed by atoms with Crippen molar-refractivity contribution in [3.8, 4) is 17.6 Å². The molecule has 0 bridgehead atoms. The average molecular weight is 479 g/mol. The van der Waals surface area contributed by atoms with E-state index in [0.717, 1.165) is 11.1 Å². The third-order valence-corrected chi connectivity index (χ3v) is 5.57. The summed E-state index contributed by atoms with van der Waals surface area (Å²) < 4.78 is 11.3. The van der Waals surface area contributed by atoms with E-state index in [1.807, 2.05) is 12.1 Å². The van der Waals surface area contributed by atoms with E-state index in [2.05, 4.69) is 6.07 Å². The molecule has 0 aliphatic heterocycles. The van der Waals surface area contributed by atoms with Gasteiger partial charge < -0.3 is 9.47 Å². The molecule has 0 spiro atoms. The molecule has 3 aromatic carbocycles. The second-order valence-corrected chi connectivity index (χ2v) is 7.89. The van der Waals surface area contributed by atoms with Crippen LogP contribution in [0.3, 0.4) is 0 Å². The highest BCUT2D eigenvalue weighted by Crippen LogP contribution is 2.32. The van der Waals surface area contributed by atoms with E-state index in [1.54, 1.807) is 55.7 Å². The van der Waals surface area contributed by atoms with Crippen LogP contribution in [0.25, 0.3) is 11.6 Å². The zero-order valence-corrected chi connectivity index (χ0v) is 18.8. The number of nitrogens with zero attached hydrogens (tertiary/aromatic N) is 1. The van der Waals surface area contributed by atoms with Gasteiger partial charge in [0, 0.05) is 15.6 Å². The number of methoxy groups -OCH3 is 1. The summed E-state index contributed by atoms with van der Waals surface area (Å²) in [5.41, 5.74) is 2.69. The van der Waals surface area contributed by atoms with Gasteiger partial charge in [0.05, 0.1) is 28.8 Å². The first-order valence-corrected chi connectivity index (χ1v) is 10.2. The smallest absolute Gasteiger partial charge is 0.161 e. The summed E-state index contributed by atoms with van der Waals surface area (Å²) in [5.74, 6) is 1.08. The number of ether oxygens (including phenoxy) is 2. The van der Waals surface area contributed by atoms with Crippen molar-refractivity contribution >= 4 is 58.1 Å². The second kappa shape index (κ2) is 10.1. The van der Waals surface area contributed by atoms with Crippen molar-refractivity contribution in [1.82, 2.24) is 0 Å². The molecule has 0 aliphatic rings. The van der Waals surface area contributed by atoms with Gasteiger partial charge in [-0.25, -0.2) is 0 Å². The Morgan fingerprint density at radius 2 is 1.70 bits per heavy atom. The highest BCUT2D eigenvalue weighted by atomic mass is 35.5. The SMILES string of the molecule is COc1cc(/C=C(/C#N)c2ccc(Cl)c(Cl)c2)ccc1OCc1ccc(Cl)cc1Cl. The van der Waals surface area contributed by atoms with Crippen molar-refractivity contribution in [2.45, 2.75) is 6.61 Å². The Kier molecular flexibility index (Phi) is 7.53. The van der Waals surface area contributed by atoms with Gasteiger partial charge in [-0.2, -0.15) is 5.26 Å². The van der Waals surface area contributed by atoms with Crippen LogP contribution in [0, 0.1) is 11.3 Å². The Bertz CT molecular complexity index is 1150. The van der Waals surface area contributed by atoms with Gasteiger partial charge in [-0.3, -0.25) is 0 Å². The molecule has 0 aliphatic carbocycles. The number of rotatable bonds is 6. The fourth-order valence-electron chi connectivity index (χ4n) is 2.70. The Hall–Kier alpha value is -2.35. The molecule has 0 saturated heterocycles. The van der Waals surface area contributed by atoms with E-state index in [4.69, 9.17) is 55.9 Å². The Morgan fingerprint density at radius 3 is 2.37 bits per heavy atom. The van der Waals surface area contributed by atoms with Gasteiger partial charge in [-0.05, 0) is 53.6 Å². The molecule has 7 heteroatoms. The zero-order valence-electron chi connectivity index (χ0n) is 15.8. The monoisotopic (exact) mass is 477 g/mol. The van der Waals surface area contributed by atoms with Crippen LogP contribution >= 0.6 is 46.4 Å². The van der Waals surface area contributed by atoms with Crippen LogP contribution < -0.4 is 9.47 Å². The molecule has 0 amide bonds. The van der Waals surface area contributed by atoms with Crippen molar-refractivity contribution in [2.75, 3.05) is 7.11 Å². The summed E-state index contributed by atoms with van der Waals surface area (Å²) in [6.45, 7) is 0.258. The quantitative estimate of drug-likeness (QED) is 0.266. The standard InChI is InChI=1S/C23H15Cl4NO2/c1-29-23-9-14(8-17(12-28)15-4-6-19(25)21(27)10-15)2-7-22(23)30-13-16-3-5-18(24)11-20(16)26/h2-11H,13H2,1H3/b17-8-. The lowest BCUT2D eigenvalue weighted by atomic mass is 10.0. The lowest BCUT2D eigenvalue weighted by Gasteiger charge is -2.12. The molecule has 0 unspecified atom stereocenters. The van der Waals surface area contributed by atoms with Crippen LogP contribution in [0.15, 0.2) is 54.6 Å². The molecule has 3 rings (SSSR count). The van der Waals surface area contributed by atoms with Crippen molar-refractivity contribution in [2.24, 2.45) is 0 Å². The van der Waals surface area contributed by atoms with Gasteiger partial charge in [0.1, 0.15) is 6.61 Å². The molecule has 3 nitrogen and oxygen atoms in total. The van der Waals surface area contributed by atoms with Crippen LogP contribution in [0.5, 0.6) is 11.5 Å². The molecule has 0 saturated carbocycles. The summed E-state index contributed by atoms with van der Waals surface area (Å²) in [6.07, 6.45) is 1.74. The van der Waals surface area contributed by atoms with Crippen molar-refractivity contribution in [3.63, 3.8) is 0 Å². The summed E-state index contributed by atoms with van der Waals surface area (Å²) in [7, 11) is 1.55. The van der Waals surface area contributed by atoms with Gasteiger partial charge in [0.15, 0.2) is 11.5 Å². The lowest BCUT2D eigenvalue weighted by Crippen LogP contribution is -1.98. The lowest BCUT2D eigenvalue weighted by molar-refractivity contribution is 0.284. The molecule has 0 fully saturated rings. The number of hydrogen-bond acceptors (Lipinski definition) is 3. The largest absolute Gasteiger partial charge is 0.493 e. The maximum absolute atomic E-state index is 9.57. The summed E-state index contributed by atoms with van der Waals surface area (Å²) in [4.78, 5) is 0. The highest BCUT2D eigenvalue weighted by Gasteiger charge is 2.10. The number of halogens is 4. The highest BCUT2D eigenvalue weighted by molar-refractivity contribution is 6.42. The Balaban J connectivity index is 1.84. The normalized spacial score (nSPS) is 11.1. The number of benzene rings is 3. The molecule has 3 aromatic rings. The molecule has 0 atom stereocenters. The van der Waals surface area contributed by atoms with Gasteiger partial charge in [-0.15, -0.1) is 0 Å². The fourth-order valence-corrected chi connectivity index (χ4v) is 3.46. The van der Waals surface area contributed by atoms with Gasteiger partial charge in [-0.1, -0.05) is 64.6 Å². The number of allylic oxidation sites excluding steroid dienone is 1. The van der Waals surface area contributed by atoms with Crippen LogP contribution in [-0.2, 0) is 6.61 Å². The third kappa shape index (κ3) is 5.41. The first-order valence-electron chi connectivity index (χ1n) is 8.73. The Morgan fingerprint density at radius 1 is 0.900 bits per heavy atom. The van der Waals surface area contributed by atoms with E-state index >= 15 is 0 Å². The summed E-state index contributed by atoms with van der Waals surface area (Å²) in [6, 6.07) is 17.9. The molecular weight excluding hydrogens is 464 g/mol.